The number of carbonyl (C=O) groups excluding carboxylic acids is 1. The Labute approximate surface area is 134 Å². The van der Waals surface area contributed by atoms with Gasteiger partial charge < -0.3 is 11.1 Å². The standard InChI is InChI=1S/C17H26N2O.ClH/c1-12-6-7-14(13(2)10-12)8-9-19-17(20)11-15-4-3-5-16(15)18;/h6-7,10,15-16H,3-5,8-9,11,18H2,1-2H3,(H,19,20);1H/t15-,16+;/m0./s1. The van der Waals surface area contributed by atoms with Crippen LogP contribution in [0.2, 0.25) is 0 Å². The highest BCUT2D eigenvalue weighted by molar-refractivity contribution is 5.85. The number of rotatable bonds is 5. The molecule has 2 rings (SSSR count). The van der Waals surface area contributed by atoms with Crippen LogP contribution in [-0.4, -0.2) is 18.5 Å². The molecule has 0 aliphatic heterocycles. The zero-order chi connectivity index (χ0) is 14.5. The summed E-state index contributed by atoms with van der Waals surface area (Å²) in [5.41, 5.74) is 9.90. The van der Waals surface area contributed by atoms with Gasteiger partial charge in [0.15, 0.2) is 0 Å². The van der Waals surface area contributed by atoms with Gasteiger partial charge in [-0.3, -0.25) is 4.79 Å². The summed E-state index contributed by atoms with van der Waals surface area (Å²) in [5.74, 6) is 0.535. The van der Waals surface area contributed by atoms with E-state index in [1.807, 2.05) is 0 Å². The average molecular weight is 311 g/mol. The Morgan fingerprint density at radius 2 is 2.10 bits per heavy atom. The molecule has 1 aliphatic carbocycles. The Morgan fingerprint density at radius 3 is 2.71 bits per heavy atom. The molecule has 1 aromatic rings. The maximum absolute atomic E-state index is 11.9. The van der Waals surface area contributed by atoms with E-state index < -0.39 is 0 Å². The lowest BCUT2D eigenvalue weighted by Crippen LogP contribution is -2.32. The number of nitrogens with one attached hydrogen (secondary N) is 1. The summed E-state index contributed by atoms with van der Waals surface area (Å²) >= 11 is 0. The second kappa shape index (κ2) is 8.40. The highest BCUT2D eigenvalue weighted by Crippen LogP contribution is 2.26. The highest BCUT2D eigenvalue weighted by Gasteiger charge is 2.25. The molecule has 1 saturated carbocycles. The second-order valence-corrected chi connectivity index (χ2v) is 6.09. The fourth-order valence-electron chi connectivity index (χ4n) is 3.09. The smallest absolute Gasteiger partial charge is 0.220 e. The average Bonchev–Trinajstić information content (AvgIpc) is 2.78. The summed E-state index contributed by atoms with van der Waals surface area (Å²) in [4.78, 5) is 11.9. The van der Waals surface area contributed by atoms with E-state index in [0.29, 0.717) is 18.9 Å². The number of aryl methyl sites for hydroxylation is 2. The monoisotopic (exact) mass is 310 g/mol. The van der Waals surface area contributed by atoms with Gasteiger partial charge in [-0.15, -0.1) is 12.4 Å². The predicted molar refractivity (Wildman–Crippen MR) is 89.8 cm³/mol. The molecule has 0 heterocycles. The van der Waals surface area contributed by atoms with Crippen LogP contribution < -0.4 is 11.1 Å². The van der Waals surface area contributed by atoms with Crippen molar-refractivity contribution in [2.75, 3.05) is 6.54 Å². The van der Waals surface area contributed by atoms with Crippen LogP contribution in [0.5, 0.6) is 0 Å². The number of hydrogen-bond acceptors (Lipinski definition) is 2. The summed E-state index contributed by atoms with van der Waals surface area (Å²) in [5, 5.41) is 3.03. The van der Waals surface area contributed by atoms with Gasteiger partial charge in [0, 0.05) is 19.0 Å². The van der Waals surface area contributed by atoms with E-state index in [1.165, 1.54) is 23.1 Å². The van der Waals surface area contributed by atoms with Crippen LogP contribution in [0.4, 0.5) is 0 Å². The highest BCUT2D eigenvalue weighted by atomic mass is 35.5. The summed E-state index contributed by atoms with van der Waals surface area (Å²) in [7, 11) is 0. The molecule has 4 heteroatoms. The molecule has 118 valence electrons. The molecule has 0 radical (unpaired) electrons. The minimum Gasteiger partial charge on any atom is -0.356 e. The third-order valence-corrected chi connectivity index (χ3v) is 4.38. The van der Waals surface area contributed by atoms with Gasteiger partial charge in [-0.25, -0.2) is 0 Å². The Morgan fingerprint density at radius 1 is 1.33 bits per heavy atom. The van der Waals surface area contributed by atoms with Crippen LogP contribution in [-0.2, 0) is 11.2 Å². The molecule has 0 aromatic heterocycles. The van der Waals surface area contributed by atoms with Crippen LogP contribution in [0, 0.1) is 19.8 Å². The van der Waals surface area contributed by atoms with Gasteiger partial charge in [0.25, 0.3) is 0 Å². The number of halogens is 1. The van der Waals surface area contributed by atoms with Crippen LogP contribution in [0.15, 0.2) is 18.2 Å². The first kappa shape index (κ1) is 18.0. The molecule has 1 aliphatic rings. The molecule has 0 saturated heterocycles. The van der Waals surface area contributed by atoms with Crippen molar-refractivity contribution in [1.29, 1.82) is 0 Å². The maximum atomic E-state index is 11.9. The summed E-state index contributed by atoms with van der Waals surface area (Å²) in [6.07, 6.45) is 4.83. The van der Waals surface area contributed by atoms with Crippen LogP contribution in [0.3, 0.4) is 0 Å². The van der Waals surface area contributed by atoms with Crippen molar-refractivity contribution < 1.29 is 4.79 Å². The van der Waals surface area contributed by atoms with E-state index in [0.717, 1.165) is 19.3 Å². The lowest BCUT2D eigenvalue weighted by atomic mass is 9.99. The van der Waals surface area contributed by atoms with Crippen LogP contribution in [0.1, 0.15) is 42.4 Å². The van der Waals surface area contributed by atoms with Crippen molar-refractivity contribution in [1.82, 2.24) is 5.32 Å². The predicted octanol–water partition coefficient (Wildman–Crippen LogP) is 2.90. The van der Waals surface area contributed by atoms with E-state index in [9.17, 15) is 4.79 Å². The Kier molecular flexibility index (Phi) is 7.20. The molecule has 21 heavy (non-hydrogen) atoms. The molecule has 0 spiro atoms. The molecule has 0 unspecified atom stereocenters. The summed E-state index contributed by atoms with van der Waals surface area (Å²) < 4.78 is 0. The van der Waals surface area contributed by atoms with Crippen LogP contribution in [0.25, 0.3) is 0 Å². The van der Waals surface area contributed by atoms with E-state index >= 15 is 0 Å². The number of hydrogen-bond donors (Lipinski definition) is 2. The van der Waals surface area contributed by atoms with E-state index in [1.54, 1.807) is 0 Å². The molecular formula is C17H27ClN2O. The SMILES string of the molecule is Cc1ccc(CCNC(=O)C[C@@H]2CCC[C@H]2N)c(C)c1.Cl. The first-order chi connectivity index (χ1) is 9.56. The van der Waals surface area contributed by atoms with Crippen molar-refractivity contribution in [3.8, 4) is 0 Å². The van der Waals surface area contributed by atoms with Gasteiger partial charge in [0.2, 0.25) is 5.91 Å². The number of amides is 1. The molecule has 3 N–H and O–H groups in total. The van der Waals surface area contributed by atoms with Gasteiger partial charge in [-0.2, -0.15) is 0 Å². The third-order valence-electron chi connectivity index (χ3n) is 4.38. The molecule has 1 fully saturated rings. The fourth-order valence-corrected chi connectivity index (χ4v) is 3.09. The normalized spacial score (nSPS) is 20.9. The minimum atomic E-state index is 0. The first-order valence-electron chi connectivity index (χ1n) is 7.64. The van der Waals surface area contributed by atoms with Crippen molar-refractivity contribution >= 4 is 18.3 Å². The molecule has 1 amide bonds. The Bertz CT molecular complexity index is 476. The van der Waals surface area contributed by atoms with E-state index in [2.05, 4.69) is 37.4 Å². The largest absolute Gasteiger partial charge is 0.356 e. The number of carbonyl (C=O) groups is 1. The van der Waals surface area contributed by atoms with Crippen molar-refractivity contribution in [3.05, 3.63) is 34.9 Å². The van der Waals surface area contributed by atoms with Crippen molar-refractivity contribution in [2.24, 2.45) is 11.7 Å². The van der Waals surface area contributed by atoms with Gasteiger partial charge >= 0.3 is 0 Å². The van der Waals surface area contributed by atoms with Gasteiger partial charge in [0.05, 0.1) is 0 Å². The van der Waals surface area contributed by atoms with Gasteiger partial charge in [0.1, 0.15) is 0 Å². The fraction of sp³-hybridized carbons (Fsp3) is 0.588. The summed E-state index contributed by atoms with van der Waals surface area (Å²) in [6.45, 7) is 4.94. The van der Waals surface area contributed by atoms with Gasteiger partial charge in [-0.1, -0.05) is 30.2 Å². The number of nitrogens with two attached hydrogens (primary N) is 1. The molecular weight excluding hydrogens is 284 g/mol. The minimum absolute atomic E-state index is 0. The first-order valence-corrected chi connectivity index (χ1v) is 7.64. The third kappa shape index (κ3) is 5.33. The lowest BCUT2D eigenvalue weighted by Gasteiger charge is -2.15. The zero-order valence-corrected chi connectivity index (χ0v) is 13.8. The topological polar surface area (TPSA) is 55.1 Å². The summed E-state index contributed by atoms with van der Waals surface area (Å²) in [6, 6.07) is 6.69. The maximum Gasteiger partial charge on any atom is 0.220 e. The van der Waals surface area contributed by atoms with Gasteiger partial charge in [-0.05, 0) is 50.2 Å². The molecule has 0 bridgehead atoms. The lowest BCUT2D eigenvalue weighted by molar-refractivity contribution is -0.122. The quantitative estimate of drug-likeness (QED) is 0.878. The molecule has 2 atom stereocenters. The van der Waals surface area contributed by atoms with Crippen LogP contribution >= 0.6 is 12.4 Å². The number of benzene rings is 1. The van der Waals surface area contributed by atoms with Crippen molar-refractivity contribution in [2.45, 2.75) is 52.0 Å². The molecule has 3 nitrogen and oxygen atoms in total. The zero-order valence-electron chi connectivity index (χ0n) is 13.0. The van der Waals surface area contributed by atoms with Crippen molar-refractivity contribution in [3.63, 3.8) is 0 Å². The van der Waals surface area contributed by atoms with E-state index in [4.69, 9.17) is 5.73 Å². The Hall–Kier alpha value is -1.06. The molecule has 1 aromatic carbocycles. The second-order valence-electron chi connectivity index (χ2n) is 6.09. The van der Waals surface area contributed by atoms with E-state index in [-0.39, 0.29) is 24.4 Å². The Balaban J connectivity index is 0.00000220.